The third-order valence-corrected chi connectivity index (χ3v) is 6.46. The van der Waals surface area contributed by atoms with Gasteiger partial charge in [0.1, 0.15) is 10.8 Å². The number of aryl methyl sites for hydroxylation is 1. The average Bonchev–Trinajstić information content (AvgIpc) is 3.33. The summed E-state index contributed by atoms with van der Waals surface area (Å²) >= 11 is 7.01. The number of esters is 1. The van der Waals surface area contributed by atoms with Crippen LogP contribution in [-0.4, -0.2) is 27.5 Å². The van der Waals surface area contributed by atoms with E-state index in [2.05, 4.69) is 15.7 Å². The standard InChI is InChI=1S/C22H23FN4O2S2/c1-2-29-21(28)19-15-8-4-6-10-17(15)31-20(19)25-22(30)24-18-11-12-27(26-18)13-14-7-3-5-9-16(14)23/h3,5,7,9,11-12H,2,4,6,8,10,13H2,1H3,(H2,24,25,26,30). The van der Waals surface area contributed by atoms with Crippen molar-refractivity contribution in [3.63, 3.8) is 0 Å². The van der Waals surface area contributed by atoms with Crippen molar-refractivity contribution < 1.29 is 13.9 Å². The van der Waals surface area contributed by atoms with E-state index in [4.69, 9.17) is 17.0 Å². The maximum absolute atomic E-state index is 13.9. The molecule has 0 fully saturated rings. The summed E-state index contributed by atoms with van der Waals surface area (Å²) in [7, 11) is 0. The van der Waals surface area contributed by atoms with Crippen molar-refractivity contribution in [3.8, 4) is 0 Å². The Labute approximate surface area is 189 Å². The van der Waals surface area contributed by atoms with Gasteiger partial charge in [-0.05, 0) is 56.5 Å². The fourth-order valence-electron chi connectivity index (χ4n) is 3.64. The highest BCUT2D eigenvalue weighted by Gasteiger charge is 2.26. The number of carbonyl (C=O) groups excluding carboxylic acids is 1. The Morgan fingerprint density at radius 3 is 2.87 bits per heavy atom. The van der Waals surface area contributed by atoms with E-state index in [-0.39, 0.29) is 11.8 Å². The number of nitrogens with zero attached hydrogens (tertiary/aromatic N) is 2. The number of benzene rings is 1. The first kappa shape index (κ1) is 21.5. The van der Waals surface area contributed by atoms with Crippen molar-refractivity contribution in [1.82, 2.24) is 9.78 Å². The van der Waals surface area contributed by atoms with Gasteiger partial charge < -0.3 is 15.4 Å². The number of hydrogen-bond donors (Lipinski definition) is 2. The predicted molar refractivity (Wildman–Crippen MR) is 124 cm³/mol. The first-order valence-electron chi connectivity index (χ1n) is 10.2. The molecule has 162 valence electrons. The van der Waals surface area contributed by atoms with Crippen LogP contribution in [0.3, 0.4) is 0 Å². The third-order valence-electron chi connectivity index (χ3n) is 5.05. The quantitative estimate of drug-likeness (QED) is 0.400. The maximum atomic E-state index is 13.9. The lowest BCUT2D eigenvalue weighted by molar-refractivity contribution is 0.0526. The van der Waals surface area contributed by atoms with Gasteiger partial charge in [-0.15, -0.1) is 11.3 Å². The molecule has 0 saturated heterocycles. The molecule has 2 aromatic heterocycles. The molecule has 0 aliphatic heterocycles. The van der Waals surface area contributed by atoms with Gasteiger partial charge in [-0.25, -0.2) is 9.18 Å². The van der Waals surface area contributed by atoms with Crippen LogP contribution in [0.15, 0.2) is 36.5 Å². The van der Waals surface area contributed by atoms with Crippen molar-refractivity contribution in [2.24, 2.45) is 0 Å². The van der Waals surface area contributed by atoms with Gasteiger partial charge in [0.05, 0.1) is 18.7 Å². The Hall–Kier alpha value is -2.78. The highest BCUT2D eigenvalue weighted by Crippen LogP contribution is 2.38. The molecule has 1 aromatic carbocycles. The molecular weight excluding hydrogens is 435 g/mol. The van der Waals surface area contributed by atoms with E-state index in [1.165, 1.54) is 10.9 Å². The number of nitrogens with one attached hydrogen (secondary N) is 2. The van der Waals surface area contributed by atoms with Crippen LogP contribution in [0.25, 0.3) is 0 Å². The van der Waals surface area contributed by atoms with Crippen molar-refractivity contribution in [3.05, 3.63) is 63.9 Å². The molecule has 0 radical (unpaired) electrons. The van der Waals surface area contributed by atoms with Gasteiger partial charge in [-0.2, -0.15) is 5.10 Å². The number of fused-ring (bicyclic) bond motifs is 1. The highest BCUT2D eigenvalue weighted by molar-refractivity contribution is 7.80. The fourth-order valence-corrected chi connectivity index (χ4v) is 5.19. The number of halogens is 1. The molecular formula is C22H23FN4O2S2. The van der Waals surface area contributed by atoms with Crippen LogP contribution in [0, 0.1) is 5.82 Å². The molecule has 1 aliphatic rings. The molecule has 0 atom stereocenters. The van der Waals surface area contributed by atoms with Gasteiger partial charge in [-0.3, -0.25) is 4.68 Å². The Morgan fingerprint density at radius 2 is 2.06 bits per heavy atom. The third kappa shape index (κ3) is 4.94. The van der Waals surface area contributed by atoms with Crippen molar-refractivity contribution in [1.29, 1.82) is 0 Å². The van der Waals surface area contributed by atoms with Gasteiger partial charge in [0.15, 0.2) is 10.9 Å². The summed E-state index contributed by atoms with van der Waals surface area (Å²) < 4.78 is 20.8. The fraction of sp³-hybridized carbons (Fsp3) is 0.318. The lowest BCUT2D eigenvalue weighted by Gasteiger charge is -2.12. The Kier molecular flexibility index (Phi) is 6.62. The molecule has 0 spiro atoms. The first-order chi connectivity index (χ1) is 15.0. The van der Waals surface area contributed by atoms with Crippen LogP contribution in [0.4, 0.5) is 15.2 Å². The summed E-state index contributed by atoms with van der Waals surface area (Å²) in [6.45, 7) is 2.44. The van der Waals surface area contributed by atoms with Crippen LogP contribution in [0.5, 0.6) is 0 Å². The predicted octanol–water partition coefficient (Wildman–Crippen LogP) is 5.00. The van der Waals surface area contributed by atoms with Gasteiger partial charge in [0.2, 0.25) is 0 Å². The molecule has 6 nitrogen and oxygen atoms in total. The molecule has 9 heteroatoms. The van der Waals surface area contributed by atoms with E-state index in [9.17, 15) is 9.18 Å². The van der Waals surface area contributed by atoms with E-state index < -0.39 is 0 Å². The number of ether oxygens (including phenoxy) is 1. The van der Waals surface area contributed by atoms with Crippen LogP contribution in [-0.2, 0) is 24.1 Å². The number of thiocarbonyl (C=S) groups is 1. The Bertz CT molecular complexity index is 1110. The normalized spacial score (nSPS) is 12.8. The summed E-state index contributed by atoms with van der Waals surface area (Å²) in [4.78, 5) is 13.8. The summed E-state index contributed by atoms with van der Waals surface area (Å²) in [5, 5.41) is 11.6. The molecule has 0 unspecified atom stereocenters. The molecule has 3 aromatic rings. The Morgan fingerprint density at radius 1 is 1.26 bits per heavy atom. The minimum Gasteiger partial charge on any atom is -0.462 e. The molecule has 0 amide bonds. The SMILES string of the molecule is CCOC(=O)c1c(NC(=S)Nc2ccn(Cc3ccccc3F)n2)sc2c1CCCC2. The zero-order chi connectivity index (χ0) is 21.8. The number of hydrogen-bond acceptors (Lipinski definition) is 5. The van der Waals surface area contributed by atoms with E-state index in [0.717, 1.165) is 31.2 Å². The summed E-state index contributed by atoms with van der Waals surface area (Å²) in [5.41, 5.74) is 2.23. The second-order valence-corrected chi connectivity index (χ2v) is 8.72. The molecule has 0 bridgehead atoms. The first-order valence-corrected chi connectivity index (χ1v) is 11.4. The lowest BCUT2D eigenvalue weighted by Crippen LogP contribution is -2.21. The van der Waals surface area contributed by atoms with E-state index in [1.54, 1.807) is 53.4 Å². The van der Waals surface area contributed by atoms with E-state index >= 15 is 0 Å². The minimum absolute atomic E-state index is 0.266. The molecule has 2 N–H and O–H groups in total. The van der Waals surface area contributed by atoms with Gasteiger partial charge >= 0.3 is 5.97 Å². The second-order valence-electron chi connectivity index (χ2n) is 7.20. The molecule has 4 rings (SSSR count). The monoisotopic (exact) mass is 458 g/mol. The lowest BCUT2D eigenvalue weighted by atomic mass is 9.95. The average molecular weight is 459 g/mol. The van der Waals surface area contributed by atoms with Crippen molar-refractivity contribution >= 4 is 45.5 Å². The topological polar surface area (TPSA) is 68.2 Å². The van der Waals surface area contributed by atoms with Gasteiger partial charge in [-0.1, -0.05) is 18.2 Å². The summed E-state index contributed by atoms with van der Waals surface area (Å²) in [6.07, 6.45) is 5.79. The number of rotatable bonds is 6. The minimum atomic E-state index is -0.318. The number of aromatic nitrogens is 2. The van der Waals surface area contributed by atoms with Crippen LogP contribution < -0.4 is 10.6 Å². The highest BCUT2D eigenvalue weighted by atomic mass is 32.1. The number of carbonyl (C=O) groups is 1. The maximum Gasteiger partial charge on any atom is 0.341 e. The smallest absolute Gasteiger partial charge is 0.341 e. The zero-order valence-corrected chi connectivity index (χ0v) is 18.7. The van der Waals surface area contributed by atoms with Crippen molar-refractivity contribution in [2.75, 3.05) is 17.2 Å². The molecule has 0 saturated carbocycles. The molecule has 31 heavy (non-hydrogen) atoms. The number of anilines is 2. The largest absolute Gasteiger partial charge is 0.462 e. The number of thiophene rings is 1. The summed E-state index contributed by atoms with van der Waals surface area (Å²) in [6, 6.07) is 8.37. The molecule has 1 aliphatic carbocycles. The van der Waals surface area contributed by atoms with Crippen LogP contribution in [0.2, 0.25) is 0 Å². The zero-order valence-electron chi connectivity index (χ0n) is 17.1. The van der Waals surface area contributed by atoms with E-state index in [0.29, 0.717) is 40.2 Å². The van der Waals surface area contributed by atoms with Crippen LogP contribution >= 0.6 is 23.6 Å². The second kappa shape index (κ2) is 9.57. The molecule has 2 heterocycles. The van der Waals surface area contributed by atoms with Crippen LogP contribution in [0.1, 0.15) is 46.1 Å². The Balaban J connectivity index is 1.46. The summed E-state index contributed by atoms with van der Waals surface area (Å²) in [5.74, 6) is -0.0490. The van der Waals surface area contributed by atoms with Gasteiger partial charge in [0.25, 0.3) is 0 Å². The van der Waals surface area contributed by atoms with Crippen molar-refractivity contribution in [2.45, 2.75) is 39.2 Å². The van der Waals surface area contributed by atoms with Gasteiger partial charge in [0, 0.05) is 22.7 Å². The van der Waals surface area contributed by atoms with E-state index in [1.807, 2.05) is 0 Å².